The molecule has 0 amide bonds. The molecule has 0 saturated carbocycles. The summed E-state index contributed by atoms with van der Waals surface area (Å²) in [6, 6.07) is 0. The Bertz CT molecular complexity index is 11.6. The van der Waals surface area contributed by atoms with Crippen molar-refractivity contribution in [3.8, 4) is 0 Å². The Kier molecular flexibility index (Phi) is 253. The van der Waals surface area contributed by atoms with Crippen LogP contribution in [0.4, 0.5) is 0 Å². The average molecular weight is 166 g/mol. The Morgan fingerprint density at radius 1 is 1.20 bits per heavy atom. The first kappa shape index (κ1) is 29.6. The fraction of sp³-hybridized carbons (Fsp3) is 0. The molecule has 0 aromatic rings. The molecule has 28 valence electrons. The molecule has 0 heterocycles. The van der Waals surface area contributed by atoms with Crippen LogP contribution in [0, 0.1) is 0 Å². The first-order chi connectivity index (χ1) is 1.00. The van der Waals surface area contributed by atoms with Gasteiger partial charge in [0.05, 0.1) is 0 Å². The van der Waals surface area contributed by atoms with Crippen LogP contribution >= 0.6 is 9.12 Å². The van der Waals surface area contributed by atoms with E-state index in [1.807, 2.05) is 0 Å². The summed E-state index contributed by atoms with van der Waals surface area (Å²) >= 11 is 0. The van der Waals surface area contributed by atoms with E-state index in [1.54, 1.807) is 9.12 Å². The van der Waals surface area contributed by atoms with Gasteiger partial charge in [-0.3, -0.25) is 4.57 Å². The molecule has 0 saturated heterocycles. The second kappa shape index (κ2) is 42.7. The smallest absolute Gasteiger partial charge is 0.138 e. The standard InChI is InChI=1S/Fe.Li.Mn.HOP/c;;;1-2/h;;;2H. The van der Waals surface area contributed by atoms with Gasteiger partial charge in [-0.2, -0.15) is 0 Å². The molecule has 0 fully saturated rings. The summed E-state index contributed by atoms with van der Waals surface area (Å²) in [5, 5.41) is 0. The summed E-state index contributed by atoms with van der Waals surface area (Å²) < 4.78 is 8.06. The minimum atomic E-state index is 0. The van der Waals surface area contributed by atoms with Gasteiger partial charge in [0.25, 0.3) is 0 Å². The van der Waals surface area contributed by atoms with Crippen LogP contribution in [-0.2, 0) is 38.7 Å². The predicted molar refractivity (Wildman–Crippen MR) is 14.8 cm³/mol. The van der Waals surface area contributed by atoms with E-state index in [0.717, 1.165) is 0 Å². The summed E-state index contributed by atoms with van der Waals surface area (Å²) in [6.45, 7) is 0. The van der Waals surface area contributed by atoms with Gasteiger partial charge in [0, 0.05) is 53.0 Å². The van der Waals surface area contributed by atoms with Gasteiger partial charge in [-0.15, -0.1) is 0 Å². The van der Waals surface area contributed by atoms with Gasteiger partial charge in [0.2, 0.25) is 0 Å². The van der Waals surface area contributed by atoms with Crippen LogP contribution in [0.3, 0.4) is 0 Å². The molecule has 0 aromatic carbocycles. The van der Waals surface area contributed by atoms with Crippen LogP contribution in [0.5, 0.6) is 0 Å². The zero-order valence-corrected chi connectivity index (χ0v) is 5.92. The monoisotopic (exact) mass is 166 g/mol. The number of rotatable bonds is 0. The SMILES string of the molecule is O=P.[Fe].[Li].[Mn]. The van der Waals surface area contributed by atoms with Crippen LogP contribution in [0.15, 0.2) is 0 Å². The van der Waals surface area contributed by atoms with Gasteiger partial charge < -0.3 is 0 Å². The van der Waals surface area contributed by atoms with E-state index in [9.17, 15) is 0 Å². The van der Waals surface area contributed by atoms with Crippen molar-refractivity contribution in [2.45, 2.75) is 0 Å². The van der Waals surface area contributed by atoms with Crippen molar-refractivity contribution in [1.29, 1.82) is 0 Å². The number of hydrogen-bond donors (Lipinski definition) is 0. The predicted octanol–water partition coefficient (Wildman–Crippen LogP) is 0.0889. The summed E-state index contributed by atoms with van der Waals surface area (Å²) in [7, 11) is 1.72. The van der Waals surface area contributed by atoms with E-state index in [2.05, 4.69) is 0 Å². The van der Waals surface area contributed by atoms with Gasteiger partial charge in [-0.25, -0.2) is 0 Å². The Labute approximate surface area is 66.4 Å². The molecule has 0 unspecified atom stereocenters. The molecule has 5 heavy (non-hydrogen) atoms. The maximum atomic E-state index is 8.06. The molecule has 0 aromatic heterocycles. The van der Waals surface area contributed by atoms with Gasteiger partial charge in [0.15, 0.2) is 0 Å². The van der Waals surface area contributed by atoms with E-state index in [0.29, 0.717) is 0 Å². The first-order valence-corrected chi connectivity index (χ1v) is 0.612. The van der Waals surface area contributed by atoms with Gasteiger partial charge in [-0.1, -0.05) is 0 Å². The van der Waals surface area contributed by atoms with Crippen molar-refractivity contribution >= 4 is 28.0 Å². The van der Waals surface area contributed by atoms with Gasteiger partial charge in [0.1, 0.15) is 9.12 Å². The zero-order valence-electron chi connectivity index (χ0n) is 2.64. The Balaban J connectivity index is -0.00000000167. The first-order valence-electron chi connectivity index (χ1n) is 0.204. The Morgan fingerprint density at radius 2 is 1.20 bits per heavy atom. The van der Waals surface area contributed by atoms with E-state index in [4.69, 9.17) is 4.57 Å². The quantitative estimate of drug-likeness (QED) is 0.368. The van der Waals surface area contributed by atoms with Crippen molar-refractivity contribution in [3.05, 3.63) is 0 Å². The van der Waals surface area contributed by atoms with E-state index in [1.165, 1.54) is 0 Å². The zero-order chi connectivity index (χ0) is 2.00. The molecule has 0 rings (SSSR count). The number of hydrogen-bond acceptors (Lipinski definition) is 1. The molecule has 5 heteroatoms. The maximum Gasteiger partial charge on any atom is 0.138 e. The van der Waals surface area contributed by atoms with Crippen molar-refractivity contribution in [3.63, 3.8) is 0 Å². The largest absolute Gasteiger partial charge is 0.279 e. The molecule has 0 aliphatic carbocycles. The third-order valence-electron chi connectivity index (χ3n) is 0. The molecule has 0 bridgehead atoms. The molecule has 0 aliphatic rings. The van der Waals surface area contributed by atoms with Gasteiger partial charge in [-0.05, 0) is 0 Å². The molecule has 0 aliphatic heterocycles. The van der Waals surface area contributed by atoms with E-state index >= 15 is 0 Å². The van der Waals surface area contributed by atoms with Crippen LogP contribution in [0.1, 0.15) is 0 Å². The molecule has 0 spiro atoms. The maximum absolute atomic E-state index is 8.06. The summed E-state index contributed by atoms with van der Waals surface area (Å²) in [5.41, 5.74) is 0. The minimum absolute atomic E-state index is 0. The Morgan fingerprint density at radius 3 is 1.20 bits per heavy atom. The topological polar surface area (TPSA) is 17.1 Å². The van der Waals surface area contributed by atoms with Crippen molar-refractivity contribution in [2.24, 2.45) is 0 Å². The van der Waals surface area contributed by atoms with Crippen molar-refractivity contribution < 1.29 is 38.7 Å². The van der Waals surface area contributed by atoms with Crippen molar-refractivity contribution in [1.82, 2.24) is 0 Å². The second-order valence-corrected chi connectivity index (χ2v) is 0. The van der Waals surface area contributed by atoms with Crippen LogP contribution in [0.2, 0.25) is 0 Å². The molecule has 0 N–H and O–H groups in total. The summed E-state index contributed by atoms with van der Waals surface area (Å²) in [4.78, 5) is 0. The molecule has 0 atom stereocenters. The van der Waals surface area contributed by atoms with Crippen LogP contribution in [0.25, 0.3) is 0 Å². The molecule has 2 radical (unpaired) electrons. The average Bonchev–Trinajstić information content (AvgIpc) is 1.00. The van der Waals surface area contributed by atoms with Crippen LogP contribution in [-0.4, -0.2) is 18.9 Å². The third kappa shape index (κ3) is 26.6. The van der Waals surface area contributed by atoms with Crippen LogP contribution < -0.4 is 0 Å². The summed E-state index contributed by atoms with van der Waals surface area (Å²) in [5.74, 6) is 0. The Hall–Kier alpha value is 1.74. The normalized spacial score (nSPS) is 0.800. The van der Waals surface area contributed by atoms with Crippen molar-refractivity contribution in [2.75, 3.05) is 0 Å². The van der Waals surface area contributed by atoms with E-state index in [-0.39, 0.29) is 53.0 Å². The second-order valence-electron chi connectivity index (χ2n) is 0. The summed E-state index contributed by atoms with van der Waals surface area (Å²) in [6.07, 6.45) is 0. The minimum Gasteiger partial charge on any atom is -0.279 e. The fourth-order valence-electron chi connectivity index (χ4n) is 0. The van der Waals surface area contributed by atoms with E-state index < -0.39 is 0 Å². The molecular formula is HFeLiMnOP. The fourth-order valence-corrected chi connectivity index (χ4v) is 0. The van der Waals surface area contributed by atoms with Gasteiger partial charge >= 0.3 is 0 Å². The third-order valence-corrected chi connectivity index (χ3v) is 0. The molecule has 1 nitrogen and oxygen atoms in total. The molecular weight excluding hydrogens is 165 g/mol.